The maximum atomic E-state index is 12.8. The highest BCUT2D eigenvalue weighted by atomic mass is 16.1. The van der Waals surface area contributed by atoms with Gasteiger partial charge in [0, 0.05) is 30.9 Å². The first-order valence-electron chi connectivity index (χ1n) is 12.6. The number of carbonyl (C=O) groups is 1. The third-order valence-corrected chi connectivity index (χ3v) is 7.21. The molecule has 2 fully saturated rings. The summed E-state index contributed by atoms with van der Waals surface area (Å²) >= 11 is 0. The molecule has 0 aromatic heterocycles. The molecule has 4 nitrogen and oxygen atoms in total. The highest BCUT2D eigenvalue weighted by Crippen LogP contribution is 2.25. The fourth-order valence-electron chi connectivity index (χ4n) is 4.92. The zero-order chi connectivity index (χ0) is 22.3. The molecule has 2 heterocycles. The lowest BCUT2D eigenvalue weighted by Crippen LogP contribution is -2.32. The average Bonchev–Trinajstić information content (AvgIpc) is 3.09. The summed E-state index contributed by atoms with van der Waals surface area (Å²) < 4.78 is 0. The molecule has 2 aliphatic rings. The molecular weight excluding hydrogens is 394 g/mol. The number of nitrogens with zero attached hydrogens (tertiary/aromatic N) is 2. The minimum Gasteiger partial charge on any atom is -0.372 e. The van der Waals surface area contributed by atoms with Gasteiger partial charge in [-0.05, 0) is 87.0 Å². The highest BCUT2D eigenvalue weighted by Gasteiger charge is 2.17. The molecule has 1 N–H and O–H groups in total. The van der Waals surface area contributed by atoms with Crippen molar-refractivity contribution in [2.45, 2.75) is 65.0 Å². The number of benzene rings is 2. The Morgan fingerprint density at radius 2 is 1.53 bits per heavy atom. The molecule has 0 unspecified atom stereocenters. The number of anilines is 1. The van der Waals surface area contributed by atoms with Gasteiger partial charge in [0.1, 0.15) is 0 Å². The SMILES string of the molecule is CC1CCN(c2ccc([C@H](C)NC(=O)c3ccc(CN4CCCCCC4)cc3)cc2)CC1. The normalized spacial score (nSPS) is 19.4. The maximum absolute atomic E-state index is 12.8. The van der Waals surface area contributed by atoms with Crippen molar-refractivity contribution in [3.05, 3.63) is 65.2 Å². The van der Waals surface area contributed by atoms with Crippen LogP contribution in [0.1, 0.15) is 79.9 Å². The monoisotopic (exact) mass is 433 g/mol. The lowest BCUT2D eigenvalue weighted by atomic mass is 9.98. The van der Waals surface area contributed by atoms with Crippen molar-refractivity contribution in [2.75, 3.05) is 31.1 Å². The molecule has 0 aliphatic carbocycles. The molecule has 4 rings (SSSR count). The number of hydrogen-bond donors (Lipinski definition) is 1. The van der Waals surface area contributed by atoms with Crippen LogP contribution in [0, 0.1) is 5.92 Å². The topological polar surface area (TPSA) is 35.6 Å². The van der Waals surface area contributed by atoms with Crippen molar-refractivity contribution >= 4 is 11.6 Å². The first-order valence-corrected chi connectivity index (χ1v) is 12.6. The Kier molecular flexibility index (Phi) is 7.85. The number of nitrogens with one attached hydrogen (secondary N) is 1. The zero-order valence-electron chi connectivity index (χ0n) is 19.9. The summed E-state index contributed by atoms with van der Waals surface area (Å²) in [5.74, 6) is 0.831. The van der Waals surface area contributed by atoms with Crippen molar-refractivity contribution in [1.29, 1.82) is 0 Å². The van der Waals surface area contributed by atoms with Gasteiger partial charge in [0.2, 0.25) is 0 Å². The second kappa shape index (κ2) is 11.0. The molecule has 172 valence electrons. The summed E-state index contributed by atoms with van der Waals surface area (Å²) in [5.41, 5.74) is 4.46. The van der Waals surface area contributed by atoms with Gasteiger partial charge in [-0.2, -0.15) is 0 Å². The summed E-state index contributed by atoms with van der Waals surface area (Å²) in [6.07, 6.45) is 7.85. The number of rotatable bonds is 6. The Hall–Kier alpha value is -2.33. The van der Waals surface area contributed by atoms with Crippen LogP contribution in [0.25, 0.3) is 0 Å². The Balaban J connectivity index is 1.30. The summed E-state index contributed by atoms with van der Waals surface area (Å²) in [7, 11) is 0. The quantitative estimate of drug-likeness (QED) is 0.626. The predicted molar refractivity (Wildman–Crippen MR) is 133 cm³/mol. The zero-order valence-corrected chi connectivity index (χ0v) is 19.9. The van der Waals surface area contributed by atoms with E-state index in [-0.39, 0.29) is 11.9 Å². The highest BCUT2D eigenvalue weighted by molar-refractivity contribution is 5.94. The van der Waals surface area contributed by atoms with Crippen LogP contribution in [-0.4, -0.2) is 37.0 Å². The molecular formula is C28H39N3O. The van der Waals surface area contributed by atoms with E-state index in [1.165, 1.54) is 62.9 Å². The van der Waals surface area contributed by atoms with Gasteiger partial charge in [-0.25, -0.2) is 0 Å². The number of likely N-dealkylation sites (tertiary alicyclic amines) is 1. The van der Waals surface area contributed by atoms with Crippen molar-refractivity contribution in [1.82, 2.24) is 10.2 Å². The van der Waals surface area contributed by atoms with Crippen LogP contribution in [0.5, 0.6) is 0 Å². The summed E-state index contributed by atoms with van der Waals surface area (Å²) in [4.78, 5) is 17.8. The maximum Gasteiger partial charge on any atom is 0.251 e. The summed E-state index contributed by atoms with van der Waals surface area (Å²) in [5, 5.41) is 3.16. The number of hydrogen-bond acceptors (Lipinski definition) is 3. The molecule has 1 atom stereocenters. The minimum atomic E-state index is -0.0188. The first-order chi connectivity index (χ1) is 15.6. The predicted octanol–water partition coefficient (Wildman–Crippen LogP) is 5.79. The van der Waals surface area contributed by atoms with Gasteiger partial charge in [0.05, 0.1) is 6.04 Å². The van der Waals surface area contributed by atoms with E-state index in [1.54, 1.807) is 0 Å². The van der Waals surface area contributed by atoms with E-state index in [9.17, 15) is 4.79 Å². The van der Waals surface area contributed by atoms with Crippen LogP contribution in [-0.2, 0) is 6.54 Å². The van der Waals surface area contributed by atoms with Gasteiger partial charge < -0.3 is 10.2 Å². The number of amides is 1. The van der Waals surface area contributed by atoms with E-state index in [1.807, 2.05) is 12.1 Å². The van der Waals surface area contributed by atoms with E-state index >= 15 is 0 Å². The Morgan fingerprint density at radius 1 is 0.906 bits per heavy atom. The largest absolute Gasteiger partial charge is 0.372 e. The van der Waals surface area contributed by atoms with Crippen molar-refractivity contribution < 1.29 is 4.79 Å². The molecule has 2 aliphatic heterocycles. The summed E-state index contributed by atoms with van der Waals surface area (Å²) in [6.45, 7) is 10.0. The Bertz CT molecular complexity index is 845. The van der Waals surface area contributed by atoms with E-state index in [4.69, 9.17) is 0 Å². The lowest BCUT2D eigenvalue weighted by molar-refractivity contribution is 0.0940. The van der Waals surface area contributed by atoms with E-state index in [2.05, 4.69) is 65.4 Å². The van der Waals surface area contributed by atoms with Crippen molar-refractivity contribution in [2.24, 2.45) is 5.92 Å². The minimum absolute atomic E-state index is 0.00656. The molecule has 0 saturated carbocycles. The Labute approximate surface area is 194 Å². The van der Waals surface area contributed by atoms with Crippen molar-refractivity contribution in [3.63, 3.8) is 0 Å². The second-order valence-electron chi connectivity index (χ2n) is 9.84. The molecule has 0 bridgehead atoms. The standard InChI is InChI=1S/C28H39N3O/c1-22-15-19-31(20-16-22)27-13-11-25(12-14-27)23(2)29-28(32)26-9-7-24(8-10-26)21-30-17-5-3-4-6-18-30/h7-14,22-23H,3-6,15-21H2,1-2H3,(H,29,32)/t23-/m0/s1. The molecule has 32 heavy (non-hydrogen) atoms. The van der Waals surface area contributed by atoms with E-state index < -0.39 is 0 Å². The first kappa shape index (κ1) is 22.8. The molecule has 0 radical (unpaired) electrons. The molecule has 1 amide bonds. The van der Waals surface area contributed by atoms with Crippen LogP contribution in [0.3, 0.4) is 0 Å². The third-order valence-electron chi connectivity index (χ3n) is 7.21. The van der Waals surface area contributed by atoms with Crippen LogP contribution in [0.4, 0.5) is 5.69 Å². The van der Waals surface area contributed by atoms with E-state index in [0.717, 1.165) is 36.7 Å². The van der Waals surface area contributed by atoms with E-state index in [0.29, 0.717) is 0 Å². The summed E-state index contributed by atoms with van der Waals surface area (Å²) in [6, 6.07) is 16.8. The third kappa shape index (κ3) is 6.13. The average molecular weight is 434 g/mol. The number of carbonyl (C=O) groups excluding carboxylic acids is 1. The van der Waals surface area contributed by atoms with Gasteiger partial charge in [0.15, 0.2) is 0 Å². The van der Waals surface area contributed by atoms with Gasteiger partial charge in [0.25, 0.3) is 5.91 Å². The van der Waals surface area contributed by atoms with Gasteiger partial charge in [-0.3, -0.25) is 9.69 Å². The van der Waals surface area contributed by atoms with Crippen LogP contribution in [0.15, 0.2) is 48.5 Å². The van der Waals surface area contributed by atoms with Gasteiger partial charge in [-0.15, -0.1) is 0 Å². The fraction of sp³-hybridized carbons (Fsp3) is 0.536. The van der Waals surface area contributed by atoms with Crippen LogP contribution < -0.4 is 10.2 Å². The van der Waals surface area contributed by atoms with Gasteiger partial charge >= 0.3 is 0 Å². The molecule has 2 saturated heterocycles. The lowest BCUT2D eigenvalue weighted by Gasteiger charge is -2.32. The molecule has 2 aromatic carbocycles. The van der Waals surface area contributed by atoms with Crippen LogP contribution >= 0.6 is 0 Å². The fourth-order valence-corrected chi connectivity index (χ4v) is 4.92. The van der Waals surface area contributed by atoms with Gasteiger partial charge in [-0.1, -0.05) is 44.0 Å². The van der Waals surface area contributed by atoms with Crippen molar-refractivity contribution in [3.8, 4) is 0 Å². The molecule has 2 aromatic rings. The molecule has 0 spiro atoms. The van der Waals surface area contributed by atoms with Crippen LogP contribution in [0.2, 0.25) is 0 Å². The number of piperidine rings is 1. The molecule has 4 heteroatoms. The Morgan fingerprint density at radius 3 is 2.16 bits per heavy atom. The second-order valence-corrected chi connectivity index (χ2v) is 9.84. The smallest absolute Gasteiger partial charge is 0.251 e.